The van der Waals surface area contributed by atoms with Gasteiger partial charge in [0.2, 0.25) is 5.91 Å². The van der Waals surface area contributed by atoms with Crippen LogP contribution in [0.15, 0.2) is 24.3 Å². The lowest BCUT2D eigenvalue weighted by Gasteiger charge is -2.31. The van der Waals surface area contributed by atoms with E-state index in [4.69, 9.17) is 0 Å². The molecular weight excluding hydrogens is 322 g/mol. The third-order valence-electron chi connectivity index (χ3n) is 4.62. The molecule has 2 N–H and O–H groups in total. The number of carbonyl (C=O) groups is 1. The molecule has 1 amide bonds. The number of likely N-dealkylation sites (tertiary alicyclic amines) is 1. The van der Waals surface area contributed by atoms with Crippen LogP contribution in [0.25, 0.3) is 0 Å². The van der Waals surface area contributed by atoms with Crippen LogP contribution in [-0.2, 0) is 4.79 Å². The predicted molar refractivity (Wildman–Crippen MR) is 104 cm³/mol. The summed E-state index contributed by atoms with van der Waals surface area (Å²) in [6.45, 7) is 11.2. The highest BCUT2D eigenvalue weighted by molar-refractivity contribution is 5.92. The van der Waals surface area contributed by atoms with Crippen LogP contribution in [0, 0.1) is 5.92 Å². The van der Waals surface area contributed by atoms with Crippen LogP contribution in [0.3, 0.4) is 0 Å². The van der Waals surface area contributed by atoms with E-state index in [0.717, 1.165) is 37.8 Å². The first kappa shape index (κ1) is 20.9. The fourth-order valence-electron chi connectivity index (χ4n) is 3.05. The van der Waals surface area contributed by atoms with Gasteiger partial charge in [-0.1, -0.05) is 32.9 Å². The number of anilines is 1. The molecule has 24 heavy (non-hydrogen) atoms. The molecule has 0 radical (unpaired) electrons. The van der Waals surface area contributed by atoms with Gasteiger partial charge in [0.25, 0.3) is 0 Å². The van der Waals surface area contributed by atoms with Crippen molar-refractivity contribution < 1.29 is 4.79 Å². The Morgan fingerprint density at radius 1 is 1.21 bits per heavy atom. The molecule has 0 unspecified atom stereocenters. The van der Waals surface area contributed by atoms with Crippen LogP contribution in [-0.4, -0.2) is 43.5 Å². The van der Waals surface area contributed by atoms with Gasteiger partial charge in [0.1, 0.15) is 0 Å². The maximum Gasteiger partial charge on any atom is 0.238 e. The van der Waals surface area contributed by atoms with E-state index in [-0.39, 0.29) is 18.3 Å². The average Bonchev–Trinajstić information content (AvgIpc) is 2.54. The zero-order chi connectivity index (χ0) is 16.7. The largest absolute Gasteiger partial charge is 0.325 e. The third-order valence-corrected chi connectivity index (χ3v) is 4.62. The fourth-order valence-corrected chi connectivity index (χ4v) is 3.05. The maximum atomic E-state index is 12.2. The number of nitrogens with zero attached hydrogens (tertiary/aromatic N) is 1. The number of hydrogen-bond donors (Lipinski definition) is 2. The minimum Gasteiger partial charge on any atom is -0.325 e. The van der Waals surface area contributed by atoms with Crippen LogP contribution in [0.4, 0.5) is 5.69 Å². The van der Waals surface area contributed by atoms with E-state index in [0.29, 0.717) is 12.5 Å². The Hall–Kier alpha value is -1.10. The first-order chi connectivity index (χ1) is 11.1. The molecule has 1 heterocycles. The van der Waals surface area contributed by atoms with Crippen LogP contribution in [0.1, 0.15) is 45.1 Å². The van der Waals surface area contributed by atoms with Crippen LogP contribution in [0.5, 0.6) is 0 Å². The molecule has 1 aliphatic heterocycles. The molecular formula is C19H32ClN3O. The summed E-state index contributed by atoms with van der Waals surface area (Å²) >= 11 is 0. The number of amides is 1. The van der Waals surface area contributed by atoms with Crippen molar-refractivity contribution in [2.24, 2.45) is 5.92 Å². The Kier molecular flexibility index (Phi) is 9.34. The number of rotatable bonds is 7. The monoisotopic (exact) mass is 353 g/mol. The Bertz CT molecular complexity index is 482. The first-order valence-corrected chi connectivity index (χ1v) is 8.91. The molecule has 0 atom stereocenters. The minimum absolute atomic E-state index is 0. The van der Waals surface area contributed by atoms with Crippen molar-refractivity contribution >= 4 is 24.0 Å². The van der Waals surface area contributed by atoms with Crippen molar-refractivity contribution in [3.05, 3.63) is 29.8 Å². The van der Waals surface area contributed by atoms with Crippen LogP contribution in [0.2, 0.25) is 0 Å². The van der Waals surface area contributed by atoms with Crippen molar-refractivity contribution in [3.8, 4) is 0 Å². The summed E-state index contributed by atoms with van der Waals surface area (Å²) in [7, 11) is 0. The zero-order valence-electron chi connectivity index (χ0n) is 15.2. The Labute approximate surface area is 152 Å². The van der Waals surface area contributed by atoms with E-state index in [9.17, 15) is 4.79 Å². The van der Waals surface area contributed by atoms with Crippen molar-refractivity contribution in [1.82, 2.24) is 10.2 Å². The molecule has 1 aromatic rings. The van der Waals surface area contributed by atoms with E-state index >= 15 is 0 Å². The van der Waals surface area contributed by atoms with Gasteiger partial charge >= 0.3 is 0 Å². The van der Waals surface area contributed by atoms with E-state index in [1.54, 1.807) is 0 Å². The number of nitrogens with one attached hydrogen (secondary N) is 2. The predicted octanol–water partition coefficient (Wildman–Crippen LogP) is 3.49. The van der Waals surface area contributed by atoms with Gasteiger partial charge in [-0.3, -0.25) is 9.69 Å². The highest BCUT2D eigenvalue weighted by Crippen LogP contribution is 2.18. The van der Waals surface area contributed by atoms with Crippen molar-refractivity contribution in [3.63, 3.8) is 0 Å². The lowest BCUT2D eigenvalue weighted by atomic mass is 9.97. The lowest BCUT2D eigenvalue weighted by molar-refractivity contribution is -0.117. The van der Waals surface area contributed by atoms with Gasteiger partial charge in [-0.15, -0.1) is 12.4 Å². The highest BCUT2D eigenvalue weighted by Gasteiger charge is 2.20. The van der Waals surface area contributed by atoms with Gasteiger partial charge in [-0.05, 0) is 68.6 Å². The second kappa shape index (κ2) is 10.7. The second-order valence-electron chi connectivity index (χ2n) is 6.85. The van der Waals surface area contributed by atoms with Gasteiger partial charge in [0.15, 0.2) is 0 Å². The molecule has 0 spiro atoms. The lowest BCUT2D eigenvalue weighted by Crippen LogP contribution is -2.41. The molecule has 136 valence electrons. The summed E-state index contributed by atoms with van der Waals surface area (Å²) < 4.78 is 0. The molecule has 0 aromatic heterocycles. The fraction of sp³-hybridized carbons (Fsp3) is 0.632. The quantitative estimate of drug-likeness (QED) is 0.788. The Morgan fingerprint density at radius 3 is 2.38 bits per heavy atom. The summed E-state index contributed by atoms with van der Waals surface area (Å²) in [5.41, 5.74) is 2.19. The van der Waals surface area contributed by atoms with E-state index in [1.165, 1.54) is 18.4 Å². The summed E-state index contributed by atoms with van der Waals surface area (Å²) in [5, 5.41) is 6.43. The molecule has 4 nitrogen and oxygen atoms in total. The third kappa shape index (κ3) is 6.80. The molecule has 5 heteroatoms. The zero-order valence-corrected chi connectivity index (χ0v) is 16.0. The SMILES string of the molecule is CCNCC1CCN(CC(=O)Nc2ccc(C(C)C)cc2)CC1.Cl. The number of benzene rings is 1. The molecule has 0 saturated carbocycles. The summed E-state index contributed by atoms with van der Waals surface area (Å²) in [4.78, 5) is 14.5. The standard InChI is InChI=1S/C19H31N3O.ClH/c1-4-20-13-16-9-11-22(12-10-16)14-19(23)21-18-7-5-17(6-8-18)15(2)3;/h5-8,15-16,20H,4,9-14H2,1-3H3,(H,21,23);1H. The highest BCUT2D eigenvalue weighted by atomic mass is 35.5. The minimum atomic E-state index is 0. The van der Waals surface area contributed by atoms with Crippen molar-refractivity contribution in [1.29, 1.82) is 0 Å². The molecule has 1 aliphatic rings. The molecule has 2 rings (SSSR count). The number of piperidine rings is 1. The van der Waals surface area contributed by atoms with Crippen molar-refractivity contribution in [2.75, 3.05) is 38.0 Å². The van der Waals surface area contributed by atoms with E-state index in [2.05, 4.69) is 48.4 Å². The van der Waals surface area contributed by atoms with Gasteiger partial charge in [0.05, 0.1) is 6.54 Å². The molecule has 0 bridgehead atoms. The van der Waals surface area contributed by atoms with E-state index < -0.39 is 0 Å². The average molecular weight is 354 g/mol. The van der Waals surface area contributed by atoms with Crippen LogP contribution < -0.4 is 10.6 Å². The Morgan fingerprint density at radius 2 is 1.83 bits per heavy atom. The maximum absolute atomic E-state index is 12.2. The van der Waals surface area contributed by atoms with E-state index in [1.807, 2.05) is 12.1 Å². The molecule has 1 aromatic carbocycles. The van der Waals surface area contributed by atoms with Gasteiger partial charge in [-0.2, -0.15) is 0 Å². The smallest absolute Gasteiger partial charge is 0.238 e. The van der Waals surface area contributed by atoms with Crippen molar-refractivity contribution in [2.45, 2.75) is 39.5 Å². The molecule has 1 saturated heterocycles. The number of carbonyl (C=O) groups excluding carboxylic acids is 1. The number of hydrogen-bond acceptors (Lipinski definition) is 3. The summed E-state index contributed by atoms with van der Waals surface area (Å²) in [6, 6.07) is 8.17. The Balaban J connectivity index is 0.00000288. The topological polar surface area (TPSA) is 44.4 Å². The van der Waals surface area contributed by atoms with Gasteiger partial charge in [0, 0.05) is 5.69 Å². The molecule has 0 aliphatic carbocycles. The first-order valence-electron chi connectivity index (χ1n) is 8.91. The summed E-state index contributed by atoms with van der Waals surface area (Å²) in [6.07, 6.45) is 2.37. The normalized spacial score (nSPS) is 16.0. The molecule has 1 fully saturated rings. The second-order valence-corrected chi connectivity index (χ2v) is 6.85. The summed E-state index contributed by atoms with van der Waals surface area (Å²) in [5.74, 6) is 1.37. The van der Waals surface area contributed by atoms with Gasteiger partial charge in [-0.25, -0.2) is 0 Å². The van der Waals surface area contributed by atoms with Gasteiger partial charge < -0.3 is 10.6 Å². The number of halogens is 1. The van der Waals surface area contributed by atoms with Crippen LogP contribution >= 0.6 is 12.4 Å².